The minimum atomic E-state index is -4.57. The Hall–Kier alpha value is -1.87. The van der Waals surface area contributed by atoms with Crippen molar-refractivity contribution in [3.05, 3.63) is 48.2 Å². The van der Waals surface area contributed by atoms with Crippen molar-refractivity contribution >= 4 is 10.0 Å². The van der Waals surface area contributed by atoms with E-state index >= 15 is 0 Å². The number of hydrogen-bond acceptors (Lipinski definition) is 3. The molecular formula is C16H18F3N3O2S. The standard InChI is InChI=1S/C16H18F3N3O2S/c17-16(18,19)14-7-4-11-22(14)25(23,24)15-8-10-20-21(15)12-9-13-5-2-1-3-6-13/h1-3,5-6,8,10,14H,4,7,9,11-12H2. The third-order valence-corrected chi connectivity index (χ3v) is 6.22. The highest BCUT2D eigenvalue weighted by Crippen LogP contribution is 2.36. The Kier molecular flexibility index (Phi) is 4.88. The summed E-state index contributed by atoms with van der Waals surface area (Å²) in [5.74, 6) is 0. The lowest BCUT2D eigenvalue weighted by Crippen LogP contribution is -2.45. The molecule has 0 spiro atoms. The van der Waals surface area contributed by atoms with Gasteiger partial charge in [0.25, 0.3) is 10.0 Å². The summed E-state index contributed by atoms with van der Waals surface area (Å²) in [6.45, 7) is 0.145. The molecule has 2 aromatic rings. The first kappa shape index (κ1) is 17.9. The summed E-state index contributed by atoms with van der Waals surface area (Å²) in [6.07, 6.45) is -2.74. The largest absolute Gasteiger partial charge is 0.405 e. The molecule has 3 rings (SSSR count). The van der Waals surface area contributed by atoms with Gasteiger partial charge in [-0.2, -0.15) is 22.6 Å². The third kappa shape index (κ3) is 3.72. The van der Waals surface area contributed by atoms with Crippen molar-refractivity contribution in [2.24, 2.45) is 0 Å². The van der Waals surface area contributed by atoms with Crippen molar-refractivity contribution in [1.82, 2.24) is 14.1 Å². The van der Waals surface area contributed by atoms with Crippen LogP contribution < -0.4 is 0 Å². The number of hydrogen-bond donors (Lipinski definition) is 0. The Balaban J connectivity index is 1.83. The van der Waals surface area contributed by atoms with Crippen LogP contribution in [-0.4, -0.2) is 41.3 Å². The third-order valence-electron chi connectivity index (χ3n) is 4.29. The fourth-order valence-electron chi connectivity index (χ4n) is 3.06. The summed E-state index contributed by atoms with van der Waals surface area (Å²) in [4.78, 5) is 0. The molecule has 25 heavy (non-hydrogen) atoms. The minimum Gasteiger partial charge on any atom is -0.253 e. The number of nitrogens with zero attached hydrogens (tertiary/aromatic N) is 3. The van der Waals surface area contributed by atoms with E-state index in [4.69, 9.17) is 0 Å². The molecule has 1 aromatic carbocycles. The van der Waals surface area contributed by atoms with Crippen molar-refractivity contribution in [2.75, 3.05) is 6.54 Å². The van der Waals surface area contributed by atoms with Crippen LogP contribution in [0.3, 0.4) is 0 Å². The summed E-state index contributed by atoms with van der Waals surface area (Å²) in [6, 6.07) is 8.71. The molecule has 0 radical (unpaired) electrons. The minimum absolute atomic E-state index is 0.129. The summed E-state index contributed by atoms with van der Waals surface area (Å²) in [5.41, 5.74) is 0.996. The highest BCUT2D eigenvalue weighted by Gasteiger charge is 2.51. The number of sulfonamides is 1. The predicted octanol–water partition coefficient (Wildman–Crippen LogP) is 2.84. The average Bonchev–Trinajstić information content (AvgIpc) is 3.23. The quantitative estimate of drug-likeness (QED) is 0.810. The first-order chi connectivity index (χ1) is 11.8. The maximum Gasteiger partial charge on any atom is 0.405 e. The first-order valence-corrected chi connectivity index (χ1v) is 9.38. The molecule has 0 saturated carbocycles. The maximum absolute atomic E-state index is 13.1. The number of aromatic nitrogens is 2. The molecule has 1 atom stereocenters. The van der Waals surface area contributed by atoms with Gasteiger partial charge in [0.15, 0.2) is 5.03 Å². The van der Waals surface area contributed by atoms with Crippen molar-refractivity contribution in [3.63, 3.8) is 0 Å². The average molecular weight is 373 g/mol. The smallest absolute Gasteiger partial charge is 0.253 e. The highest BCUT2D eigenvalue weighted by molar-refractivity contribution is 7.89. The van der Waals surface area contributed by atoms with Crippen molar-refractivity contribution < 1.29 is 21.6 Å². The monoisotopic (exact) mass is 373 g/mol. The van der Waals surface area contributed by atoms with Gasteiger partial charge in [-0.1, -0.05) is 30.3 Å². The zero-order valence-corrected chi connectivity index (χ0v) is 14.2. The van der Waals surface area contributed by atoms with Crippen LogP contribution in [0, 0.1) is 0 Å². The van der Waals surface area contributed by atoms with Crippen LogP contribution >= 0.6 is 0 Å². The topological polar surface area (TPSA) is 55.2 Å². The lowest BCUT2D eigenvalue weighted by atomic mass is 10.1. The zero-order chi connectivity index (χ0) is 18.1. The second kappa shape index (κ2) is 6.80. The van der Waals surface area contributed by atoms with Crippen molar-refractivity contribution in [3.8, 4) is 0 Å². The Morgan fingerprint density at radius 2 is 1.88 bits per heavy atom. The normalized spacial score (nSPS) is 19.4. The summed E-state index contributed by atoms with van der Waals surface area (Å²) in [5, 5.41) is 3.79. The van der Waals surface area contributed by atoms with Gasteiger partial charge in [-0.15, -0.1) is 0 Å². The van der Waals surface area contributed by atoms with Crippen LogP contribution in [0.4, 0.5) is 13.2 Å². The Bertz CT molecular complexity index is 819. The van der Waals surface area contributed by atoms with E-state index in [0.29, 0.717) is 10.7 Å². The highest BCUT2D eigenvalue weighted by atomic mass is 32.2. The number of benzene rings is 1. The van der Waals surface area contributed by atoms with E-state index in [1.54, 1.807) is 0 Å². The van der Waals surface area contributed by atoms with Crippen molar-refractivity contribution in [1.29, 1.82) is 0 Å². The van der Waals surface area contributed by atoms with E-state index in [0.717, 1.165) is 5.56 Å². The molecule has 0 amide bonds. The molecule has 1 unspecified atom stereocenters. The van der Waals surface area contributed by atoms with Crippen molar-refractivity contribution in [2.45, 2.75) is 43.1 Å². The molecule has 1 aromatic heterocycles. The fraction of sp³-hybridized carbons (Fsp3) is 0.438. The lowest BCUT2D eigenvalue weighted by molar-refractivity contribution is -0.165. The van der Waals surface area contributed by atoms with Crippen LogP contribution in [0.1, 0.15) is 18.4 Å². The molecule has 1 fully saturated rings. The zero-order valence-electron chi connectivity index (χ0n) is 13.4. The number of aryl methyl sites for hydroxylation is 2. The Morgan fingerprint density at radius 3 is 2.56 bits per heavy atom. The number of alkyl halides is 3. The number of halogens is 3. The Labute approximate surface area is 144 Å². The lowest BCUT2D eigenvalue weighted by Gasteiger charge is -2.26. The van der Waals surface area contributed by atoms with Crippen LogP contribution in [0.2, 0.25) is 0 Å². The second-order valence-corrected chi connectivity index (χ2v) is 7.78. The SMILES string of the molecule is O=S(=O)(c1ccnn1CCc1ccccc1)N1CCCC1C(F)(F)F. The number of rotatable bonds is 5. The van der Waals surface area contributed by atoms with E-state index in [2.05, 4.69) is 5.10 Å². The molecule has 2 heterocycles. The molecular weight excluding hydrogens is 355 g/mol. The predicted molar refractivity (Wildman–Crippen MR) is 85.3 cm³/mol. The molecule has 5 nitrogen and oxygen atoms in total. The van der Waals surface area contributed by atoms with Crippen LogP contribution in [0.5, 0.6) is 0 Å². The van der Waals surface area contributed by atoms with Crippen LogP contribution in [0.15, 0.2) is 47.6 Å². The van der Waals surface area contributed by atoms with E-state index < -0.39 is 22.2 Å². The summed E-state index contributed by atoms with van der Waals surface area (Å²) in [7, 11) is -4.25. The van der Waals surface area contributed by atoms with Gasteiger partial charge in [0.05, 0.1) is 6.20 Å². The van der Waals surface area contributed by atoms with Crippen LogP contribution in [0.25, 0.3) is 0 Å². The van der Waals surface area contributed by atoms with Gasteiger partial charge in [-0.3, -0.25) is 4.68 Å². The molecule has 9 heteroatoms. The first-order valence-electron chi connectivity index (χ1n) is 7.94. The molecule has 1 aliphatic rings. The van der Waals surface area contributed by atoms with E-state index in [9.17, 15) is 21.6 Å². The fourth-order valence-corrected chi connectivity index (χ4v) is 4.87. The van der Waals surface area contributed by atoms with Gasteiger partial charge >= 0.3 is 6.18 Å². The van der Waals surface area contributed by atoms with Gasteiger partial charge in [-0.05, 0) is 30.9 Å². The van der Waals surface area contributed by atoms with E-state index in [-0.39, 0.29) is 31.0 Å². The molecule has 0 N–H and O–H groups in total. The summed E-state index contributed by atoms with van der Waals surface area (Å²) >= 11 is 0. The molecule has 1 saturated heterocycles. The van der Waals surface area contributed by atoms with Gasteiger partial charge < -0.3 is 0 Å². The van der Waals surface area contributed by atoms with Gasteiger partial charge in [0.2, 0.25) is 0 Å². The van der Waals surface area contributed by atoms with E-state index in [1.807, 2.05) is 30.3 Å². The molecule has 136 valence electrons. The molecule has 0 aliphatic carbocycles. The maximum atomic E-state index is 13.1. The summed E-state index contributed by atoms with van der Waals surface area (Å²) < 4.78 is 66.7. The second-order valence-electron chi connectivity index (χ2n) is 5.94. The molecule has 0 bridgehead atoms. The van der Waals surface area contributed by atoms with Gasteiger partial charge in [0, 0.05) is 13.1 Å². The van der Waals surface area contributed by atoms with Gasteiger partial charge in [0.1, 0.15) is 6.04 Å². The van der Waals surface area contributed by atoms with Gasteiger partial charge in [-0.25, -0.2) is 8.42 Å². The van der Waals surface area contributed by atoms with E-state index in [1.165, 1.54) is 16.9 Å². The molecule has 1 aliphatic heterocycles. The van der Waals surface area contributed by atoms with Crippen LogP contribution in [-0.2, 0) is 23.0 Å². The Morgan fingerprint density at radius 1 is 1.16 bits per heavy atom.